The Kier molecular flexibility index (Phi) is 4.12. The molecule has 8 heteroatoms. The van der Waals surface area contributed by atoms with Crippen LogP contribution in [0, 0.1) is 0 Å². The van der Waals surface area contributed by atoms with Gasteiger partial charge in [-0.2, -0.15) is 13.2 Å². The highest BCUT2D eigenvalue weighted by atomic mass is 19.4. The van der Waals surface area contributed by atoms with Crippen LogP contribution in [-0.2, 0) is 4.74 Å². The molecule has 0 radical (unpaired) electrons. The van der Waals surface area contributed by atoms with E-state index in [2.05, 4.69) is 15.0 Å². The Morgan fingerprint density at radius 2 is 2.30 bits per heavy atom. The predicted molar refractivity (Wildman–Crippen MR) is 65.5 cm³/mol. The second-order valence-electron chi connectivity index (χ2n) is 4.30. The fourth-order valence-corrected chi connectivity index (χ4v) is 1.98. The molecule has 1 aromatic heterocycles. The predicted octanol–water partition coefficient (Wildman–Crippen LogP) is 1.53. The van der Waals surface area contributed by atoms with Crippen molar-refractivity contribution in [3.8, 4) is 0 Å². The lowest BCUT2D eigenvalue weighted by molar-refractivity contribution is -0.233. The molecule has 2 rings (SSSR count). The third kappa shape index (κ3) is 3.01. The van der Waals surface area contributed by atoms with Gasteiger partial charge >= 0.3 is 6.18 Å². The van der Waals surface area contributed by atoms with Gasteiger partial charge in [0.15, 0.2) is 6.10 Å². The third-order valence-corrected chi connectivity index (χ3v) is 2.99. The van der Waals surface area contributed by atoms with Gasteiger partial charge in [-0.1, -0.05) is 0 Å². The number of nitrogens with zero attached hydrogens (tertiary/aromatic N) is 2. The highest BCUT2D eigenvalue weighted by molar-refractivity contribution is 5.98. The van der Waals surface area contributed by atoms with Crippen LogP contribution in [0.3, 0.4) is 0 Å². The molecule has 1 amide bonds. The summed E-state index contributed by atoms with van der Waals surface area (Å²) in [7, 11) is 1.59. The van der Waals surface area contributed by atoms with Crippen LogP contribution < -0.4 is 5.32 Å². The number of rotatable bonds is 2. The maximum Gasteiger partial charge on any atom is 0.416 e. The lowest BCUT2D eigenvalue weighted by atomic mass is 10.2. The minimum absolute atomic E-state index is 0.128. The summed E-state index contributed by atoms with van der Waals surface area (Å²) >= 11 is 0. The number of ether oxygens (including phenoxy) is 1. The van der Waals surface area contributed by atoms with Crippen LogP contribution >= 0.6 is 0 Å². The summed E-state index contributed by atoms with van der Waals surface area (Å²) < 4.78 is 42.6. The molecule has 2 heterocycles. The lowest BCUT2D eigenvalue weighted by Crippen LogP contribution is -2.51. The van der Waals surface area contributed by atoms with Gasteiger partial charge in [0.05, 0.1) is 18.7 Å². The second kappa shape index (κ2) is 5.66. The minimum Gasteiger partial charge on any atom is -0.372 e. The van der Waals surface area contributed by atoms with Gasteiger partial charge in [0, 0.05) is 19.8 Å². The number of alkyl halides is 3. The number of nitrogens with one attached hydrogen (secondary N) is 1. The fourth-order valence-electron chi connectivity index (χ4n) is 1.98. The van der Waals surface area contributed by atoms with Crippen LogP contribution in [0.15, 0.2) is 18.3 Å². The number of hydrogen-bond acceptors (Lipinski definition) is 4. The number of pyridine rings is 1. The molecule has 1 saturated heterocycles. The molecule has 0 bridgehead atoms. The first kappa shape index (κ1) is 14.6. The first-order valence-electron chi connectivity index (χ1n) is 6.04. The van der Waals surface area contributed by atoms with Gasteiger partial charge in [-0.05, 0) is 12.1 Å². The molecule has 20 heavy (non-hydrogen) atoms. The average molecular weight is 289 g/mol. The zero-order valence-corrected chi connectivity index (χ0v) is 10.8. The van der Waals surface area contributed by atoms with Gasteiger partial charge in [-0.3, -0.25) is 4.79 Å². The molecule has 1 N–H and O–H groups in total. The van der Waals surface area contributed by atoms with E-state index in [0.717, 1.165) is 4.90 Å². The number of anilines is 1. The highest BCUT2D eigenvalue weighted by Gasteiger charge is 2.44. The topological polar surface area (TPSA) is 54.5 Å². The molecule has 1 aromatic rings. The van der Waals surface area contributed by atoms with Crippen molar-refractivity contribution in [3.63, 3.8) is 0 Å². The van der Waals surface area contributed by atoms with Crippen LogP contribution in [0.25, 0.3) is 0 Å². The minimum atomic E-state index is -4.47. The summed E-state index contributed by atoms with van der Waals surface area (Å²) in [4.78, 5) is 17.4. The van der Waals surface area contributed by atoms with E-state index in [0.29, 0.717) is 5.82 Å². The number of carbonyl (C=O) groups is 1. The standard InChI is InChI=1S/C12H14F3N3O2/c1-16-10-8(3-2-4-17-10)11(19)18-5-6-20-9(7-18)12(13,14)15/h2-4,9H,5-7H2,1H3,(H,16,17)/t9-/m1/s1. The van der Waals surface area contributed by atoms with Crippen LogP contribution in [0.5, 0.6) is 0 Å². The Bertz CT molecular complexity index is 493. The molecule has 110 valence electrons. The lowest BCUT2D eigenvalue weighted by Gasteiger charge is -2.34. The molecule has 1 aliphatic rings. The van der Waals surface area contributed by atoms with Crippen molar-refractivity contribution in [1.29, 1.82) is 0 Å². The van der Waals surface area contributed by atoms with Gasteiger partial charge < -0.3 is 15.0 Å². The van der Waals surface area contributed by atoms with E-state index in [4.69, 9.17) is 0 Å². The zero-order valence-electron chi connectivity index (χ0n) is 10.8. The monoisotopic (exact) mass is 289 g/mol. The van der Waals surface area contributed by atoms with E-state index in [1.54, 1.807) is 13.1 Å². The number of aromatic nitrogens is 1. The van der Waals surface area contributed by atoms with Crippen molar-refractivity contribution in [1.82, 2.24) is 9.88 Å². The Morgan fingerprint density at radius 3 is 2.95 bits per heavy atom. The van der Waals surface area contributed by atoms with Crippen molar-refractivity contribution in [3.05, 3.63) is 23.9 Å². The van der Waals surface area contributed by atoms with E-state index < -0.39 is 24.7 Å². The van der Waals surface area contributed by atoms with Gasteiger partial charge in [0.25, 0.3) is 5.91 Å². The van der Waals surface area contributed by atoms with Gasteiger partial charge in [0.2, 0.25) is 0 Å². The Morgan fingerprint density at radius 1 is 1.55 bits per heavy atom. The molecular weight excluding hydrogens is 275 g/mol. The van der Waals surface area contributed by atoms with Crippen molar-refractivity contribution in [2.45, 2.75) is 12.3 Å². The van der Waals surface area contributed by atoms with Crippen LogP contribution in [0.4, 0.5) is 19.0 Å². The van der Waals surface area contributed by atoms with E-state index in [-0.39, 0.29) is 18.7 Å². The van der Waals surface area contributed by atoms with Crippen molar-refractivity contribution in [2.24, 2.45) is 0 Å². The highest BCUT2D eigenvalue weighted by Crippen LogP contribution is 2.26. The Labute approximate surface area is 113 Å². The van der Waals surface area contributed by atoms with Gasteiger partial charge in [-0.15, -0.1) is 0 Å². The molecule has 1 fully saturated rings. The average Bonchev–Trinajstić information content (AvgIpc) is 2.45. The third-order valence-electron chi connectivity index (χ3n) is 2.99. The van der Waals surface area contributed by atoms with Crippen molar-refractivity contribution in [2.75, 3.05) is 32.1 Å². The number of halogens is 3. The van der Waals surface area contributed by atoms with E-state index in [1.807, 2.05) is 0 Å². The van der Waals surface area contributed by atoms with Crippen LogP contribution in [-0.4, -0.2) is 54.8 Å². The SMILES string of the molecule is CNc1ncccc1C(=O)N1CCO[C@@H](C(F)(F)F)C1. The van der Waals surface area contributed by atoms with Crippen molar-refractivity contribution < 1.29 is 22.7 Å². The summed E-state index contributed by atoms with van der Waals surface area (Å²) in [6.45, 7) is -0.505. The molecule has 0 aliphatic carbocycles. The van der Waals surface area contributed by atoms with E-state index in [1.165, 1.54) is 12.3 Å². The normalized spacial score (nSPS) is 19.8. The quantitative estimate of drug-likeness (QED) is 0.897. The van der Waals surface area contributed by atoms with Crippen LogP contribution in [0.2, 0.25) is 0 Å². The molecule has 0 aromatic carbocycles. The molecule has 0 spiro atoms. The molecule has 1 atom stereocenters. The summed E-state index contributed by atoms with van der Waals surface area (Å²) in [6.07, 6.45) is -4.91. The zero-order chi connectivity index (χ0) is 14.8. The van der Waals surface area contributed by atoms with E-state index in [9.17, 15) is 18.0 Å². The maximum absolute atomic E-state index is 12.6. The second-order valence-corrected chi connectivity index (χ2v) is 4.30. The molecule has 5 nitrogen and oxygen atoms in total. The summed E-state index contributed by atoms with van der Waals surface area (Å²) in [6, 6.07) is 3.09. The van der Waals surface area contributed by atoms with Crippen LogP contribution in [0.1, 0.15) is 10.4 Å². The fraction of sp³-hybridized carbons (Fsp3) is 0.500. The number of morpholine rings is 1. The van der Waals surface area contributed by atoms with Gasteiger partial charge in [0.1, 0.15) is 5.82 Å². The Hall–Kier alpha value is -1.83. The van der Waals surface area contributed by atoms with Crippen molar-refractivity contribution >= 4 is 11.7 Å². The van der Waals surface area contributed by atoms with Gasteiger partial charge in [-0.25, -0.2) is 4.98 Å². The molecule has 0 unspecified atom stereocenters. The smallest absolute Gasteiger partial charge is 0.372 e. The number of amides is 1. The molecule has 1 aliphatic heterocycles. The molecular formula is C12H14F3N3O2. The first-order valence-corrected chi connectivity index (χ1v) is 6.04. The number of carbonyl (C=O) groups excluding carboxylic acids is 1. The Balaban J connectivity index is 2.17. The maximum atomic E-state index is 12.6. The number of hydrogen-bond donors (Lipinski definition) is 1. The summed E-state index contributed by atoms with van der Waals surface area (Å²) in [5.74, 6) is -0.146. The van der Waals surface area contributed by atoms with E-state index >= 15 is 0 Å². The summed E-state index contributed by atoms with van der Waals surface area (Å²) in [5.41, 5.74) is 0.248. The largest absolute Gasteiger partial charge is 0.416 e. The summed E-state index contributed by atoms with van der Waals surface area (Å²) in [5, 5.41) is 2.74. The first-order chi connectivity index (χ1) is 9.43. The molecule has 0 saturated carbocycles.